The van der Waals surface area contributed by atoms with E-state index in [0.717, 1.165) is 67.6 Å². The molecule has 6 nitrogen and oxygen atoms in total. The van der Waals surface area contributed by atoms with Crippen LogP contribution in [0.25, 0.3) is 110 Å². The lowest BCUT2D eigenvalue weighted by molar-refractivity contribution is 0.867. The highest BCUT2D eigenvalue weighted by Crippen LogP contribution is 2.57. The van der Waals surface area contributed by atoms with Gasteiger partial charge >= 0.3 is 0 Å². The summed E-state index contributed by atoms with van der Waals surface area (Å²) in [5.41, 5.74) is 21.0. The van der Waals surface area contributed by atoms with Crippen molar-refractivity contribution in [2.45, 2.75) is 59.1 Å². The highest BCUT2D eigenvalue weighted by molar-refractivity contribution is 8.00. The van der Waals surface area contributed by atoms with E-state index in [-0.39, 0.29) is 0 Å². The Labute approximate surface area is 530 Å². The van der Waals surface area contributed by atoms with Crippen molar-refractivity contribution < 1.29 is 0 Å². The Morgan fingerprint density at radius 1 is 0.278 bits per heavy atom. The molecule has 6 heterocycles. The molecule has 16 aromatic rings. The number of para-hydroxylation sites is 2. The smallest absolute Gasteiger partial charge is 0.0645 e. The van der Waals surface area contributed by atoms with E-state index in [1.807, 2.05) is 60.4 Å². The van der Waals surface area contributed by atoms with Crippen molar-refractivity contribution in [1.82, 2.24) is 19.1 Å². The number of benzene rings is 12. The lowest BCUT2D eigenvalue weighted by Crippen LogP contribution is -2.15. The monoisotopic (exact) mass is 1190 g/mol. The molecule has 0 unspecified atom stereocenters. The first kappa shape index (κ1) is 52.7. The summed E-state index contributed by atoms with van der Waals surface area (Å²) < 4.78 is 4.75. The van der Waals surface area contributed by atoms with Crippen LogP contribution < -0.4 is 9.80 Å². The van der Waals surface area contributed by atoms with Crippen molar-refractivity contribution in [3.05, 3.63) is 279 Å². The van der Waals surface area contributed by atoms with Gasteiger partial charge in [-0.05, 0) is 187 Å². The quantitative estimate of drug-likeness (QED) is 0.141. The summed E-state index contributed by atoms with van der Waals surface area (Å²) in [6.45, 7) is 9.03. The molecular weight excluding hydrogens is 1130 g/mol. The molecule has 0 aliphatic carbocycles. The first-order valence-electron chi connectivity index (χ1n) is 31.0. The van der Waals surface area contributed by atoms with E-state index in [9.17, 15) is 0 Å². The van der Waals surface area contributed by atoms with Gasteiger partial charge in [0.1, 0.15) is 0 Å². The molecule has 8 heteroatoms. The summed E-state index contributed by atoms with van der Waals surface area (Å²) in [6, 6.07) is 91.3. The van der Waals surface area contributed by atoms with Crippen LogP contribution in [-0.2, 0) is 0 Å². The minimum atomic E-state index is 0.467. The van der Waals surface area contributed by atoms with Crippen LogP contribution in [0.15, 0.2) is 287 Å². The predicted octanol–water partition coefficient (Wildman–Crippen LogP) is 23.6. The van der Waals surface area contributed by atoms with Gasteiger partial charge in [-0.2, -0.15) is 0 Å². The Morgan fingerprint density at radius 2 is 0.667 bits per heavy atom. The van der Waals surface area contributed by atoms with Crippen LogP contribution in [-0.4, -0.2) is 19.1 Å². The van der Waals surface area contributed by atoms with Crippen molar-refractivity contribution >= 4 is 134 Å². The lowest BCUT2D eigenvalue weighted by atomic mass is 9.93. The topological polar surface area (TPSA) is 42.1 Å². The van der Waals surface area contributed by atoms with Gasteiger partial charge < -0.3 is 18.9 Å². The Bertz CT molecular complexity index is 5240. The molecule has 0 atom stereocenters. The summed E-state index contributed by atoms with van der Waals surface area (Å²) in [4.78, 5) is 19.1. The fourth-order valence-corrected chi connectivity index (χ4v) is 16.6. The normalized spacial score (nSPS) is 13.0. The maximum Gasteiger partial charge on any atom is 0.0645 e. The Kier molecular flexibility index (Phi) is 12.1. The van der Waals surface area contributed by atoms with Gasteiger partial charge in [0.15, 0.2) is 0 Å². The second-order valence-corrected chi connectivity index (χ2v) is 26.8. The van der Waals surface area contributed by atoms with Gasteiger partial charge in [-0.15, -0.1) is 0 Å². The molecule has 0 amide bonds. The van der Waals surface area contributed by atoms with Crippen LogP contribution in [0.1, 0.15) is 50.7 Å². The Balaban J connectivity index is 0.826. The van der Waals surface area contributed by atoms with Crippen molar-refractivity contribution in [1.29, 1.82) is 0 Å². The number of anilines is 6. The second kappa shape index (κ2) is 20.6. The third kappa shape index (κ3) is 8.28. The molecule has 18 rings (SSSR count). The van der Waals surface area contributed by atoms with E-state index in [4.69, 9.17) is 0 Å². The average molecular weight is 1190 g/mol. The highest BCUT2D eigenvalue weighted by atomic mass is 32.2. The Morgan fingerprint density at radius 3 is 1.08 bits per heavy atom. The molecule has 0 radical (unpaired) electrons. The standard InChI is InChI=1S/C82H58N6S2/c1-49(2)51-21-25-53(26-22-51)55-29-35-73-79(39-55)89-81-43-69-65-17-7-9-19-71(65)87(59-13-11-37-83-47-59)75(69)45-77(81)85(73)57-31-33-63-64-34-32-58(42-68(64)62-16-6-5-15-61(62)67(63)41-57)86-74-36-30-56(54-27-23-52(24-28-54)50(3)4)40-80(74)90-82-44-70-66-18-8-10-20-72(66)88(76(70)46-78(82)86)60-14-12-38-84-48-60/h5-50H,1-4H3. The van der Waals surface area contributed by atoms with E-state index >= 15 is 0 Å². The maximum absolute atomic E-state index is 4.61. The van der Waals surface area contributed by atoms with Gasteiger partial charge in [0, 0.05) is 64.9 Å². The van der Waals surface area contributed by atoms with E-state index in [2.05, 4.69) is 287 Å². The summed E-state index contributed by atoms with van der Waals surface area (Å²) in [5.74, 6) is 0.933. The van der Waals surface area contributed by atoms with Gasteiger partial charge in [0.25, 0.3) is 0 Å². The molecule has 0 fully saturated rings. The van der Waals surface area contributed by atoms with Crippen LogP contribution in [0.3, 0.4) is 0 Å². The van der Waals surface area contributed by atoms with E-state index < -0.39 is 0 Å². The largest absolute Gasteiger partial charge is 0.308 e. The SMILES string of the molecule is CC(C)c1ccc(-c2ccc3c(c2)Sc2cc4c5ccccc5n(-c5cccnc5)c4cc2N3c2ccc3c4ccc(N5c6ccc(-c7ccc(C(C)C)cc7)cc6Sc6cc7c8ccccc8n(-c8cccnc8)c7cc65)cc4c4ccccc4c3c2)cc1. The number of hydrogen-bond acceptors (Lipinski definition) is 6. The summed E-state index contributed by atoms with van der Waals surface area (Å²) >= 11 is 3.74. The lowest BCUT2D eigenvalue weighted by Gasteiger charge is -2.34. The first-order chi connectivity index (χ1) is 44.3. The van der Waals surface area contributed by atoms with Crippen LogP contribution >= 0.6 is 23.5 Å². The zero-order valence-electron chi connectivity index (χ0n) is 50.1. The van der Waals surface area contributed by atoms with E-state index in [1.54, 1.807) is 0 Å². The molecular formula is C82H58N6S2. The second-order valence-electron chi connectivity index (χ2n) is 24.6. The van der Waals surface area contributed by atoms with Crippen molar-refractivity contribution in [2.75, 3.05) is 9.80 Å². The minimum Gasteiger partial charge on any atom is -0.308 e. The number of pyridine rings is 2. The number of hydrogen-bond donors (Lipinski definition) is 0. The number of rotatable bonds is 8. The average Bonchev–Trinajstić information content (AvgIpc) is 1.01. The number of fused-ring (bicyclic) bond motifs is 16. The summed E-state index contributed by atoms with van der Waals surface area (Å²) in [5, 5.41) is 12.1. The van der Waals surface area contributed by atoms with Crippen LogP contribution in [0.5, 0.6) is 0 Å². The van der Waals surface area contributed by atoms with Gasteiger partial charge in [-0.3, -0.25) is 9.97 Å². The van der Waals surface area contributed by atoms with Crippen LogP contribution in [0.4, 0.5) is 34.1 Å². The fourth-order valence-electron chi connectivity index (χ4n) is 14.3. The maximum atomic E-state index is 4.61. The van der Waals surface area contributed by atoms with Crippen molar-refractivity contribution in [3.8, 4) is 33.6 Å². The molecule has 90 heavy (non-hydrogen) atoms. The van der Waals surface area contributed by atoms with Crippen molar-refractivity contribution in [3.63, 3.8) is 0 Å². The number of aromatic nitrogens is 4. The van der Waals surface area contributed by atoms with Crippen LogP contribution in [0.2, 0.25) is 0 Å². The summed E-state index contributed by atoms with van der Waals surface area (Å²) in [7, 11) is 0. The minimum absolute atomic E-state index is 0.467. The number of nitrogens with zero attached hydrogens (tertiary/aromatic N) is 6. The molecule has 0 saturated heterocycles. The molecule has 0 saturated carbocycles. The molecule has 0 spiro atoms. The molecule has 12 aromatic carbocycles. The fraction of sp³-hybridized carbons (Fsp3) is 0.0732. The predicted molar refractivity (Wildman–Crippen MR) is 380 cm³/mol. The van der Waals surface area contributed by atoms with E-state index in [0.29, 0.717) is 11.8 Å². The molecule has 4 aromatic heterocycles. The van der Waals surface area contributed by atoms with Crippen LogP contribution in [0, 0.1) is 0 Å². The third-order valence-electron chi connectivity index (χ3n) is 18.8. The zero-order chi connectivity index (χ0) is 59.9. The third-order valence-corrected chi connectivity index (χ3v) is 21.0. The van der Waals surface area contributed by atoms with Gasteiger partial charge in [0.05, 0.1) is 68.6 Å². The van der Waals surface area contributed by atoms with E-state index in [1.165, 1.54) is 107 Å². The van der Waals surface area contributed by atoms with Gasteiger partial charge in [-0.25, -0.2) is 0 Å². The summed E-state index contributed by atoms with van der Waals surface area (Å²) in [6.07, 6.45) is 7.64. The Hall–Kier alpha value is -10.4. The first-order valence-corrected chi connectivity index (χ1v) is 32.7. The molecule has 2 aliphatic rings. The molecule has 0 N–H and O–H groups in total. The highest BCUT2D eigenvalue weighted by Gasteiger charge is 2.31. The van der Waals surface area contributed by atoms with Gasteiger partial charge in [-0.1, -0.05) is 185 Å². The molecule has 2 aliphatic heterocycles. The van der Waals surface area contributed by atoms with Gasteiger partial charge in [0.2, 0.25) is 0 Å². The zero-order valence-corrected chi connectivity index (χ0v) is 51.7. The molecule has 0 bridgehead atoms. The van der Waals surface area contributed by atoms with Crippen molar-refractivity contribution in [2.24, 2.45) is 0 Å². The molecule has 428 valence electrons.